The molecule has 0 spiro atoms. The molecule has 5 heteroatoms. The van der Waals surface area contributed by atoms with E-state index < -0.39 is 10.0 Å². The topological polar surface area (TPSA) is 53.1 Å². The monoisotopic (exact) mass is 231 g/mol. The summed E-state index contributed by atoms with van der Waals surface area (Å²) in [6.07, 6.45) is 10.6. The third-order valence-corrected chi connectivity index (χ3v) is 3.38. The van der Waals surface area contributed by atoms with E-state index in [1.54, 1.807) is 10.9 Å². The molecule has 0 saturated heterocycles. The second-order valence-electron chi connectivity index (χ2n) is 4.42. The standard InChI is InChI=1S/C10H21N3OS/c1-15(2,3)5-4-14-9-13-8-10(6-11)7-12-13/h7-8H,4-6,9,11H2,1-3H3. The molecular formula is C10H21N3OS. The van der Waals surface area contributed by atoms with E-state index in [9.17, 15) is 0 Å². The highest BCUT2D eigenvalue weighted by Gasteiger charge is 2.03. The molecule has 0 aliphatic rings. The van der Waals surface area contributed by atoms with Gasteiger partial charge in [-0.25, -0.2) is 14.7 Å². The number of aromatic nitrogens is 2. The van der Waals surface area contributed by atoms with Crippen LogP contribution in [0.4, 0.5) is 0 Å². The van der Waals surface area contributed by atoms with Crippen LogP contribution in [-0.2, 0) is 18.0 Å². The summed E-state index contributed by atoms with van der Waals surface area (Å²) in [6, 6.07) is 0. The number of hydrogen-bond acceptors (Lipinski definition) is 3. The van der Waals surface area contributed by atoms with Gasteiger partial charge in [-0.3, -0.25) is 0 Å². The van der Waals surface area contributed by atoms with E-state index in [4.69, 9.17) is 10.5 Å². The van der Waals surface area contributed by atoms with E-state index in [1.165, 1.54) is 0 Å². The molecular weight excluding hydrogens is 210 g/mol. The molecule has 1 heterocycles. The Labute approximate surface area is 93.1 Å². The van der Waals surface area contributed by atoms with Gasteiger partial charge in [-0.05, 0) is 18.8 Å². The van der Waals surface area contributed by atoms with E-state index in [0.29, 0.717) is 13.3 Å². The Kier molecular flexibility index (Phi) is 4.63. The first kappa shape index (κ1) is 12.5. The molecule has 0 atom stereocenters. The summed E-state index contributed by atoms with van der Waals surface area (Å²) in [7, 11) is -0.453. The summed E-state index contributed by atoms with van der Waals surface area (Å²) in [4.78, 5) is 0. The molecule has 1 rings (SSSR count). The summed E-state index contributed by atoms with van der Waals surface area (Å²) in [5.74, 6) is 1.14. The van der Waals surface area contributed by atoms with Gasteiger partial charge in [-0.2, -0.15) is 5.10 Å². The molecule has 0 aromatic carbocycles. The van der Waals surface area contributed by atoms with Gasteiger partial charge in [0.25, 0.3) is 0 Å². The fourth-order valence-corrected chi connectivity index (χ4v) is 1.67. The van der Waals surface area contributed by atoms with Crippen molar-refractivity contribution in [3.8, 4) is 0 Å². The second-order valence-corrected chi connectivity index (χ2v) is 9.01. The Bertz CT molecular complexity index is 293. The van der Waals surface area contributed by atoms with Gasteiger partial charge in [-0.1, -0.05) is 0 Å². The van der Waals surface area contributed by atoms with E-state index in [2.05, 4.69) is 23.9 Å². The van der Waals surface area contributed by atoms with E-state index in [-0.39, 0.29) is 0 Å². The highest BCUT2D eigenvalue weighted by molar-refractivity contribution is 8.32. The van der Waals surface area contributed by atoms with Gasteiger partial charge in [0, 0.05) is 24.1 Å². The lowest BCUT2D eigenvalue weighted by molar-refractivity contribution is 0.0809. The average molecular weight is 231 g/mol. The summed E-state index contributed by atoms with van der Waals surface area (Å²) >= 11 is 0. The van der Waals surface area contributed by atoms with Crippen LogP contribution in [-0.4, -0.2) is 40.9 Å². The Hall–Kier alpha value is -0.520. The first-order valence-electron chi connectivity index (χ1n) is 4.96. The van der Waals surface area contributed by atoms with Crippen LogP contribution in [0.5, 0.6) is 0 Å². The fourth-order valence-electron chi connectivity index (χ4n) is 1.05. The molecule has 0 radical (unpaired) electrons. The average Bonchev–Trinajstić information content (AvgIpc) is 2.59. The first-order chi connectivity index (χ1) is 7.01. The highest BCUT2D eigenvalue weighted by Crippen LogP contribution is 2.33. The Morgan fingerprint density at radius 1 is 1.47 bits per heavy atom. The van der Waals surface area contributed by atoms with Crippen molar-refractivity contribution < 1.29 is 4.74 Å². The van der Waals surface area contributed by atoms with E-state index in [0.717, 1.165) is 17.9 Å². The maximum Gasteiger partial charge on any atom is 0.139 e. The zero-order chi connectivity index (χ0) is 11.3. The number of rotatable bonds is 6. The summed E-state index contributed by atoms with van der Waals surface area (Å²) in [6.45, 7) is 1.86. The molecule has 0 bridgehead atoms. The summed E-state index contributed by atoms with van der Waals surface area (Å²) in [5.41, 5.74) is 6.53. The van der Waals surface area contributed by atoms with Crippen molar-refractivity contribution in [3.63, 3.8) is 0 Å². The van der Waals surface area contributed by atoms with Gasteiger partial charge in [0.1, 0.15) is 6.73 Å². The van der Waals surface area contributed by atoms with Crippen LogP contribution < -0.4 is 5.73 Å². The Morgan fingerprint density at radius 2 is 2.20 bits per heavy atom. The van der Waals surface area contributed by atoms with E-state index in [1.807, 2.05) is 6.20 Å². The SMILES string of the molecule is CS(C)(C)CCOCn1cc(CN)cn1. The Balaban J connectivity index is 2.20. The third kappa shape index (κ3) is 5.20. The van der Waals surface area contributed by atoms with Crippen molar-refractivity contribution >= 4 is 10.0 Å². The molecule has 88 valence electrons. The lowest BCUT2D eigenvalue weighted by atomic mass is 10.4. The molecule has 1 aromatic heterocycles. The Morgan fingerprint density at radius 3 is 2.73 bits per heavy atom. The number of ether oxygens (including phenoxy) is 1. The molecule has 0 fully saturated rings. The predicted molar refractivity (Wildman–Crippen MR) is 66.3 cm³/mol. The lowest BCUT2D eigenvalue weighted by Gasteiger charge is -2.24. The smallest absolute Gasteiger partial charge is 0.139 e. The van der Waals surface area contributed by atoms with Crippen molar-refractivity contribution in [1.82, 2.24) is 9.78 Å². The molecule has 0 amide bonds. The zero-order valence-electron chi connectivity index (χ0n) is 9.77. The van der Waals surface area contributed by atoms with E-state index >= 15 is 0 Å². The van der Waals surface area contributed by atoms with Gasteiger partial charge in [0.15, 0.2) is 0 Å². The minimum Gasteiger partial charge on any atom is -0.358 e. The number of nitrogens with two attached hydrogens (primary N) is 1. The third-order valence-electron chi connectivity index (χ3n) is 1.99. The predicted octanol–water partition coefficient (Wildman–Crippen LogP) is 1.01. The molecule has 0 aliphatic carbocycles. The fraction of sp³-hybridized carbons (Fsp3) is 0.700. The van der Waals surface area contributed by atoms with Crippen LogP contribution in [0.2, 0.25) is 0 Å². The zero-order valence-corrected chi connectivity index (χ0v) is 10.6. The summed E-state index contributed by atoms with van der Waals surface area (Å²) in [5, 5.41) is 4.14. The lowest BCUT2D eigenvalue weighted by Crippen LogP contribution is -2.10. The van der Waals surface area contributed by atoms with Crippen LogP contribution in [0, 0.1) is 0 Å². The normalized spacial score (nSPS) is 13.1. The second kappa shape index (κ2) is 5.53. The van der Waals surface area contributed by atoms with Gasteiger partial charge < -0.3 is 10.5 Å². The van der Waals surface area contributed by atoms with Gasteiger partial charge in [-0.15, -0.1) is 0 Å². The van der Waals surface area contributed by atoms with Crippen LogP contribution >= 0.6 is 10.0 Å². The maximum absolute atomic E-state index is 5.53. The minimum atomic E-state index is -0.453. The molecule has 15 heavy (non-hydrogen) atoms. The van der Waals surface area contributed by atoms with Crippen LogP contribution in [0.25, 0.3) is 0 Å². The van der Waals surface area contributed by atoms with Crippen LogP contribution in [0.3, 0.4) is 0 Å². The highest BCUT2D eigenvalue weighted by atomic mass is 32.3. The van der Waals surface area contributed by atoms with Crippen molar-refractivity contribution in [2.45, 2.75) is 13.3 Å². The molecule has 0 unspecified atom stereocenters. The number of nitrogens with zero attached hydrogens (tertiary/aromatic N) is 2. The molecule has 0 aliphatic heterocycles. The van der Waals surface area contributed by atoms with Gasteiger partial charge >= 0.3 is 0 Å². The summed E-state index contributed by atoms with van der Waals surface area (Å²) < 4.78 is 7.31. The van der Waals surface area contributed by atoms with Crippen LogP contribution in [0.1, 0.15) is 5.56 Å². The molecule has 2 N–H and O–H groups in total. The molecule has 1 aromatic rings. The van der Waals surface area contributed by atoms with Gasteiger partial charge in [0.05, 0.1) is 12.8 Å². The first-order valence-corrected chi connectivity index (χ1v) is 7.99. The molecule has 4 nitrogen and oxygen atoms in total. The minimum absolute atomic E-state index is 0.453. The quantitative estimate of drug-likeness (QED) is 0.743. The van der Waals surface area contributed by atoms with Crippen molar-refractivity contribution in [1.29, 1.82) is 0 Å². The molecule has 0 saturated carbocycles. The largest absolute Gasteiger partial charge is 0.358 e. The van der Waals surface area contributed by atoms with Crippen molar-refractivity contribution in [2.75, 3.05) is 31.1 Å². The van der Waals surface area contributed by atoms with Crippen LogP contribution in [0.15, 0.2) is 12.4 Å². The van der Waals surface area contributed by atoms with Gasteiger partial charge in [0.2, 0.25) is 0 Å². The number of hydrogen-bond donors (Lipinski definition) is 1. The maximum atomic E-state index is 5.53. The van der Waals surface area contributed by atoms with Crippen molar-refractivity contribution in [3.05, 3.63) is 18.0 Å². The van der Waals surface area contributed by atoms with Crippen molar-refractivity contribution in [2.24, 2.45) is 5.73 Å².